The molecule has 2 aliphatic rings. The summed E-state index contributed by atoms with van der Waals surface area (Å²) >= 11 is 0. The monoisotopic (exact) mass is 436 g/mol. The van der Waals surface area contributed by atoms with E-state index < -0.39 is 0 Å². The molecule has 0 bridgehead atoms. The molecule has 0 aliphatic carbocycles. The fourth-order valence-corrected chi connectivity index (χ4v) is 5.18. The number of ether oxygens (including phenoxy) is 1. The molecular formula is C26H36N4O2. The first-order chi connectivity index (χ1) is 15.7. The maximum atomic E-state index is 12.6. The predicted molar refractivity (Wildman–Crippen MR) is 126 cm³/mol. The molecule has 2 fully saturated rings. The van der Waals surface area contributed by atoms with Crippen LogP contribution in [0, 0.1) is 5.92 Å². The second-order valence-corrected chi connectivity index (χ2v) is 9.12. The van der Waals surface area contributed by atoms with Crippen LogP contribution in [0.3, 0.4) is 0 Å². The first-order valence-electron chi connectivity index (χ1n) is 12.0. The van der Waals surface area contributed by atoms with Crippen LogP contribution in [0.4, 0.5) is 0 Å². The number of nitrogens with zero attached hydrogens (tertiary/aromatic N) is 3. The van der Waals surface area contributed by atoms with Crippen molar-refractivity contribution < 1.29 is 9.53 Å². The van der Waals surface area contributed by atoms with E-state index in [0.717, 1.165) is 37.4 Å². The second kappa shape index (κ2) is 11.4. The van der Waals surface area contributed by atoms with Crippen LogP contribution >= 0.6 is 0 Å². The van der Waals surface area contributed by atoms with Gasteiger partial charge in [-0.2, -0.15) is 0 Å². The van der Waals surface area contributed by atoms with Crippen LogP contribution < -0.4 is 10.1 Å². The van der Waals surface area contributed by atoms with Gasteiger partial charge in [0.15, 0.2) is 0 Å². The van der Waals surface area contributed by atoms with Gasteiger partial charge in [-0.3, -0.25) is 14.7 Å². The Morgan fingerprint density at radius 2 is 1.94 bits per heavy atom. The minimum Gasteiger partial charge on any atom is -0.497 e. The molecular weight excluding hydrogens is 400 g/mol. The molecule has 0 saturated carbocycles. The molecule has 2 saturated heterocycles. The van der Waals surface area contributed by atoms with Crippen LogP contribution in [0.2, 0.25) is 0 Å². The van der Waals surface area contributed by atoms with E-state index in [9.17, 15) is 4.79 Å². The third-order valence-corrected chi connectivity index (χ3v) is 6.91. The summed E-state index contributed by atoms with van der Waals surface area (Å²) in [6.07, 6.45) is 9.14. The molecule has 32 heavy (non-hydrogen) atoms. The maximum absolute atomic E-state index is 12.6. The lowest BCUT2D eigenvalue weighted by Gasteiger charge is -2.43. The van der Waals surface area contributed by atoms with Gasteiger partial charge in [0.2, 0.25) is 5.91 Å². The Balaban J connectivity index is 1.30. The van der Waals surface area contributed by atoms with Gasteiger partial charge in [0.1, 0.15) is 5.75 Å². The van der Waals surface area contributed by atoms with Crippen LogP contribution in [-0.2, 0) is 17.9 Å². The first-order valence-corrected chi connectivity index (χ1v) is 12.0. The van der Waals surface area contributed by atoms with Crippen molar-refractivity contribution in [3.63, 3.8) is 0 Å². The Kier molecular flexibility index (Phi) is 8.13. The number of hydrogen-bond donors (Lipinski definition) is 1. The molecule has 6 nitrogen and oxygen atoms in total. The number of hydrogen-bond acceptors (Lipinski definition) is 5. The van der Waals surface area contributed by atoms with Gasteiger partial charge in [-0.1, -0.05) is 18.2 Å². The van der Waals surface area contributed by atoms with E-state index >= 15 is 0 Å². The minimum atomic E-state index is 0.144. The van der Waals surface area contributed by atoms with Crippen molar-refractivity contribution in [1.29, 1.82) is 0 Å². The highest BCUT2D eigenvalue weighted by Gasteiger charge is 2.34. The molecule has 172 valence electrons. The molecule has 2 aromatic rings. The standard InChI is InChI=1S/C26H36N4O2/c1-32-24-9-6-21(7-10-24)18-28-26(31)11-8-23-20-29(19-22-5-4-13-27-17-22)16-12-25(23)30-14-2-3-15-30/h4-7,9-10,13,17,23,25H,2-3,8,11-12,14-16,18-20H2,1H3,(H,28,31)/t23-,25+/m0/s1. The van der Waals surface area contributed by atoms with E-state index in [2.05, 4.69) is 26.2 Å². The zero-order valence-electron chi connectivity index (χ0n) is 19.2. The number of rotatable bonds is 9. The zero-order chi connectivity index (χ0) is 22.2. The van der Waals surface area contributed by atoms with Crippen LogP contribution in [0.5, 0.6) is 5.75 Å². The Morgan fingerprint density at radius 3 is 2.66 bits per heavy atom. The second-order valence-electron chi connectivity index (χ2n) is 9.12. The highest BCUT2D eigenvalue weighted by atomic mass is 16.5. The largest absolute Gasteiger partial charge is 0.497 e. The van der Waals surface area contributed by atoms with E-state index in [0.29, 0.717) is 24.9 Å². The molecule has 6 heteroatoms. The fourth-order valence-electron chi connectivity index (χ4n) is 5.18. The summed E-state index contributed by atoms with van der Waals surface area (Å²) in [5, 5.41) is 3.10. The summed E-state index contributed by atoms with van der Waals surface area (Å²) in [6, 6.07) is 12.6. The van der Waals surface area contributed by atoms with Gasteiger partial charge >= 0.3 is 0 Å². The van der Waals surface area contributed by atoms with Crippen LogP contribution in [-0.4, -0.2) is 60.0 Å². The lowest BCUT2D eigenvalue weighted by atomic mass is 9.86. The topological polar surface area (TPSA) is 57.7 Å². The number of likely N-dealkylation sites (tertiary alicyclic amines) is 2. The van der Waals surface area contributed by atoms with Gasteiger partial charge in [-0.25, -0.2) is 0 Å². The normalized spacial score (nSPS) is 22.0. The van der Waals surface area contributed by atoms with E-state index in [1.807, 2.05) is 42.7 Å². The van der Waals surface area contributed by atoms with Crippen molar-refractivity contribution in [2.75, 3.05) is 33.3 Å². The molecule has 2 atom stereocenters. The molecule has 0 radical (unpaired) electrons. The van der Waals surface area contributed by atoms with Crippen LogP contribution in [0.15, 0.2) is 48.8 Å². The average Bonchev–Trinajstić information content (AvgIpc) is 3.37. The van der Waals surface area contributed by atoms with Gasteiger partial charge in [0, 0.05) is 44.5 Å². The average molecular weight is 437 g/mol. The molecule has 0 spiro atoms. The van der Waals surface area contributed by atoms with Crippen molar-refractivity contribution in [2.45, 2.75) is 51.2 Å². The van der Waals surface area contributed by atoms with Gasteiger partial charge in [0.25, 0.3) is 0 Å². The highest BCUT2D eigenvalue weighted by Crippen LogP contribution is 2.29. The quantitative estimate of drug-likeness (QED) is 0.652. The summed E-state index contributed by atoms with van der Waals surface area (Å²) in [5.41, 5.74) is 2.36. The lowest BCUT2D eigenvalue weighted by Crippen LogP contribution is -2.50. The molecule has 1 aromatic heterocycles. The predicted octanol–water partition coefficient (Wildman–Crippen LogP) is 3.47. The van der Waals surface area contributed by atoms with Crippen LogP contribution in [0.1, 0.15) is 43.2 Å². The third kappa shape index (κ3) is 6.30. The Bertz CT molecular complexity index is 837. The molecule has 0 unspecified atom stereocenters. The van der Waals surface area contributed by atoms with Crippen molar-refractivity contribution >= 4 is 5.91 Å². The summed E-state index contributed by atoms with van der Waals surface area (Å²) < 4.78 is 5.20. The van der Waals surface area contributed by atoms with Crippen molar-refractivity contribution in [1.82, 2.24) is 20.1 Å². The van der Waals surface area contributed by atoms with Crippen molar-refractivity contribution in [2.24, 2.45) is 5.92 Å². The van der Waals surface area contributed by atoms with Crippen molar-refractivity contribution in [3.8, 4) is 5.75 Å². The number of nitrogens with one attached hydrogen (secondary N) is 1. The molecule has 1 N–H and O–H groups in total. The third-order valence-electron chi connectivity index (χ3n) is 6.91. The lowest BCUT2D eigenvalue weighted by molar-refractivity contribution is -0.121. The van der Waals surface area contributed by atoms with Crippen LogP contribution in [0.25, 0.3) is 0 Å². The van der Waals surface area contributed by atoms with Gasteiger partial charge in [-0.05, 0) is 80.6 Å². The number of methoxy groups -OCH3 is 1. The number of piperidine rings is 1. The van der Waals surface area contributed by atoms with E-state index in [-0.39, 0.29) is 5.91 Å². The molecule has 3 heterocycles. The molecule has 4 rings (SSSR count). The van der Waals surface area contributed by atoms with E-state index in [1.165, 1.54) is 37.9 Å². The van der Waals surface area contributed by atoms with E-state index in [1.54, 1.807) is 7.11 Å². The maximum Gasteiger partial charge on any atom is 0.220 e. The Labute approximate surface area is 192 Å². The first kappa shape index (κ1) is 22.7. The number of amides is 1. The van der Waals surface area contributed by atoms with E-state index in [4.69, 9.17) is 4.74 Å². The Morgan fingerprint density at radius 1 is 1.12 bits per heavy atom. The van der Waals surface area contributed by atoms with Crippen molar-refractivity contribution in [3.05, 3.63) is 59.9 Å². The summed E-state index contributed by atoms with van der Waals surface area (Å²) in [4.78, 5) is 22.1. The number of carbonyl (C=O) groups excluding carboxylic acids is 1. The number of pyridine rings is 1. The number of carbonyl (C=O) groups is 1. The summed E-state index contributed by atoms with van der Waals surface area (Å²) in [5.74, 6) is 1.51. The number of benzene rings is 1. The summed E-state index contributed by atoms with van der Waals surface area (Å²) in [7, 11) is 1.66. The van der Waals surface area contributed by atoms with Gasteiger partial charge in [0.05, 0.1) is 7.11 Å². The smallest absolute Gasteiger partial charge is 0.220 e. The SMILES string of the molecule is COc1ccc(CNC(=O)CC[C@H]2CN(Cc3cccnc3)CC[C@H]2N2CCCC2)cc1. The molecule has 1 aromatic carbocycles. The van der Waals surface area contributed by atoms with Gasteiger partial charge < -0.3 is 15.0 Å². The minimum absolute atomic E-state index is 0.144. The number of aromatic nitrogens is 1. The Hall–Kier alpha value is -2.44. The highest BCUT2D eigenvalue weighted by molar-refractivity contribution is 5.75. The zero-order valence-corrected chi connectivity index (χ0v) is 19.2. The molecule has 1 amide bonds. The fraction of sp³-hybridized carbons (Fsp3) is 0.538. The van der Waals surface area contributed by atoms with Gasteiger partial charge in [-0.15, -0.1) is 0 Å². The molecule has 2 aliphatic heterocycles. The summed E-state index contributed by atoms with van der Waals surface area (Å²) in [6.45, 7) is 6.12.